The molecule has 0 aliphatic heterocycles. The quantitative estimate of drug-likeness (QED) is 0.625. The summed E-state index contributed by atoms with van der Waals surface area (Å²) in [6, 6.07) is 2.15. The molecule has 3 nitrogen and oxygen atoms in total. The number of thiophene rings is 1. The van der Waals surface area contributed by atoms with Crippen molar-refractivity contribution in [2.75, 3.05) is 13.6 Å². The second kappa shape index (κ2) is 7.33. The Kier molecular flexibility index (Phi) is 6.05. The summed E-state index contributed by atoms with van der Waals surface area (Å²) < 4.78 is 0. The Hall–Kier alpha value is -1.03. The normalized spacial score (nSPS) is 11.9. The fraction of sp³-hybridized carbons (Fsp3) is 0.615. The van der Waals surface area contributed by atoms with Crippen molar-refractivity contribution in [3.05, 3.63) is 21.9 Å². The van der Waals surface area contributed by atoms with Crippen LogP contribution in [0.5, 0.6) is 0 Å². The fourth-order valence-electron chi connectivity index (χ4n) is 1.45. The van der Waals surface area contributed by atoms with Gasteiger partial charge in [0.2, 0.25) is 0 Å². The topological polar surface area (TPSA) is 36.4 Å². The lowest BCUT2D eigenvalue weighted by Crippen LogP contribution is -2.37. The van der Waals surface area contributed by atoms with E-state index in [0.29, 0.717) is 0 Å². The van der Waals surface area contributed by atoms with Gasteiger partial charge < -0.3 is 10.6 Å². The lowest BCUT2D eigenvalue weighted by Gasteiger charge is -2.12. The molecule has 0 saturated carbocycles. The summed E-state index contributed by atoms with van der Waals surface area (Å²) in [5, 5.41) is 8.79. The minimum atomic E-state index is 0.722. The van der Waals surface area contributed by atoms with E-state index in [9.17, 15) is 0 Å². The van der Waals surface area contributed by atoms with Crippen molar-refractivity contribution in [3.63, 3.8) is 0 Å². The summed E-state index contributed by atoms with van der Waals surface area (Å²) >= 11 is 1.79. The van der Waals surface area contributed by atoms with Crippen LogP contribution in [0.25, 0.3) is 0 Å². The van der Waals surface area contributed by atoms with Crippen molar-refractivity contribution < 1.29 is 0 Å². The zero-order valence-electron chi connectivity index (χ0n) is 11.2. The molecule has 0 radical (unpaired) electrons. The zero-order chi connectivity index (χ0) is 12.7. The second-order valence-electron chi connectivity index (χ2n) is 4.56. The van der Waals surface area contributed by atoms with Crippen LogP contribution < -0.4 is 10.6 Å². The van der Waals surface area contributed by atoms with E-state index in [-0.39, 0.29) is 0 Å². The first kappa shape index (κ1) is 14.0. The van der Waals surface area contributed by atoms with Crippen molar-refractivity contribution in [2.45, 2.75) is 33.7 Å². The third-order valence-electron chi connectivity index (χ3n) is 2.62. The van der Waals surface area contributed by atoms with Gasteiger partial charge in [-0.2, -0.15) is 0 Å². The first-order valence-electron chi connectivity index (χ1n) is 6.11. The van der Waals surface area contributed by atoms with Crippen LogP contribution in [0.3, 0.4) is 0 Å². The third-order valence-corrected chi connectivity index (χ3v) is 3.65. The molecule has 1 aromatic rings. The fourth-order valence-corrected chi connectivity index (χ4v) is 2.29. The molecule has 1 aromatic heterocycles. The van der Waals surface area contributed by atoms with Gasteiger partial charge >= 0.3 is 0 Å². The molecular weight excluding hydrogens is 230 g/mol. The van der Waals surface area contributed by atoms with Crippen molar-refractivity contribution in [2.24, 2.45) is 10.9 Å². The molecule has 0 bridgehead atoms. The largest absolute Gasteiger partial charge is 0.356 e. The van der Waals surface area contributed by atoms with Gasteiger partial charge in [0.05, 0.1) is 6.54 Å². The van der Waals surface area contributed by atoms with Crippen LogP contribution in [0.4, 0.5) is 0 Å². The van der Waals surface area contributed by atoms with Gasteiger partial charge in [0, 0.05) is 18.5 Å². The lowest BCUT2D eigenvalue weighted by atomic mass is 10.1. The Morgan fingerprint density at radius 1 is 1.41 bits per heavy atom. The minimum Gasteiger partial charge on any atom is -0.356 e. The predicted molar refractivity (Wildman–Crippen MR) is 76.7 cm³/mol. The first-order valence-corrected chi connectivity index (χ1v) is 6.99. The van der Waals surface area contributed by atoms with Crippen LogP contribution >= 0.6 is 11.3 Å². The summed E-state index contributed by atoms with van der Waals surface area (Å²) in [7, 11) is 1.81. The summed E-state index contributed by atoms with van der Waals surface area (Å²) in [4.78, 5) is 5.59. The van der Waals surface area contributed by atoms with E-state index < -0.39 is 0 Å². The maximum atomic E-state index is 4.21. The predicted octanol–water partition coefficient (Wildman–Crippen LogP) is 2.77. The molecule has 0 unspecified atom stereocenters. The second-order valence-corrected chi connectivity index (χ2v) is 5.56. The molecule has 96 valence electrons. The summed E-state index contributed by atoms with van der Waals surface area (Å²) in [6.45, 7) is 8.42. The SMILES string of the molecule is CN=C(NCCC(C)C)NCc1sccc1C. The van der Waals surface area contributed by atoms with E-state index in [1.54, 1.807) is 11.3 Å². The third kappa shape index (κ3) is 5.22. The van der Waals surface area contributed by atoms with E-state index in [4.69, 9.17) is 0 Å². The summed E-state index contributed by atoms with van der Waals surface area (Å²) in [6.07, 6.45) is 1.17. The summed E-state index contributed by atoms with van der Waals surface area (Å²) in [5.41, 5.74) is 1.35. The highest BCUT2D eigenvalue weighted by Crippen LogP contribution is 2.14. The molecule has 0 aliphatic rings. The number of aliphatic imine (C=N–C) groups is 1. The molecule has 0 spiro atoms. The number of guanidine groups is 1. The number of hydrogen-bond donors (Lipinski definition) is 2. The Morgan fingerprint density at radius 2 is 2.18 bits per heavy atom. The molecule has 0 aliphatic carbocycles. The molecule has 1 heterocycles. The van der Waals surface area contributed by atoms with E-state index in [0.717, 1.165) is 25.0 Å². The van der Waals surface area contributed by atoms with Gasteiger partial charge in [-0.25, -0.2) is 0 Å². The maximum Gasteiger partial charge on any atom is 0.191 e. The average molecular weight is 253 g/mol. The Bertz CT molecular complexity index is 355. The van der Waals surface area contributed by atoms with Crippen LogP contribution in [0.1, 0.15) is 30.7 Å². The number of aryl methyl sites for hydroxylation is 1. The minimum absolute atomic E-state index is 0.722. The molecule has 2 N–H and O–H groups in total. The van der Waals surface area contributed by atoms with Gasteiger partial charge in [0.15, 0.2) is 5.96 Å². The van der Waals surface area contributed by atoms with Crippen LogP contribution in [-0.4, -0.2) is 19.6 Å². The highest BCUT2D eigenvalue weighted by atomic mass is 32.1. The van der Waals surface area contributed by atoms with Crippen molar-refractivity contribution in [1.82, 2.24) is 10.6 Å². The van der Waals surface area contributed by atoms with Gasteiger partial charge in [-0.05, 0) is 36.3 Å². The molecule has 0 atom stereocenters. The molecule has 0 saturated heterocycles. The van der Waals surface area contributed by atoms with Crippen LogP contribution in [0.15, 0.2) is 16.4 Å². The van der Waals surface area contributed by atoms with E-state index in [2.05, 4.69) is 47.8 Å². The zero-order valence-corrected chi connectivity index (χ0v) is 12.0. The van der Waals surface area contributed by atoms with Gasteiger partial charge in [-0.15, -0.1) is 11.3 Å². The number of nitrogens with one attached hydrogen (secondary N) is 2. The molecule has 0 aromatic carbocycles. The average Bonchev–Trinajstić information content (AvgIpc) is 2.68. The van der Waals surface area contributed by atoms with Crippen molar-refractivity contribution in [3.8, 4) is 0 Å². The lowest BCUT2D eigenvalue weighted by molar-refractivity contribution is 0.573. The highest BCUT2D eigenvalue weighted by molar-refractivity contribution is 7.10. The number of nitrogens with zero attached hydrogens (tertiary/aromatic N) is 1. The molecule has 4 heteroatoms. The maximum absolute atomic E-state index is 4.21. The smallest absolute Gasteiger partial charge is 0.191 e. The first-order chi connectivity index (χ1) is 8.13. The molecule has 0 amide bonds. The van der Waals surface area contributed by atoms with Gasteiger partial charge in [-0.1, -0.05) is 13.8 Å². The van der Waals surface area contributed by atoms with Crippen molar-refractivity contribution >= 4 is 17.3 Å². The monoisotopic (exact) mass is 253 g/mol. The van der Waals surface area contributed by atoms with Crippen LogP contribution in [0.2, 0.25) is 0 Å². The Morgan fingerprint density at radius 3 is 2.71 bits per heavy atom. The van der Waals surface area contributed by atoms with Crippen LogP contribution in [0, 0.1) is 12.8 Å². The van der Waals surface area contributed by atoms with Gasteiger partial charge in [-0.3, -0.25) is 4.99 Å². The Labute approximate surface area is 108 Å². The molecule has 0 fully saturated rings. The number of hydrogen-bond acceptors (Lipinski definition) is 2. The Balaban J connectivity index is 2.31. The highest BCUT2D eigenvalue weighted by Gasteiger charge is 2.02. The number of rotatable bonds is 5. The summed E-state index contributed by atoms with van der Waals surface area (Å²) in [5.74, 6) is 1.61. The van der Waals surface area contributed by atoms with Crippen LogP contribution in [-0.2, 0) is 6.54 Å². The molecule has 1 rings (SSSR count). The van der Waals surface area contributed by atoms with Gasteiger partial charge in [0.25, 0.3) is 0 Å². The standard InChI is InChI=1S/C13H23N3S/c1-10(2)5-7-15-13(14-4)16-9-12-11(3)6-8-17-12/h6,8,10H,5,7,9H2,1-4H3,(H2,14,15,16). The van der Waals surface area contributed by atoms with Crippen molar-refractivity contribution in [1.29, 1.82) is 0 Å². The molecular formula is C13H23N3S. The van der Waals surface area contributed by atoms with E-state index in [1.807, 2.05) is 7.05 Å². The molecule has 17 heavy (non-hydrogen) atoms. The van der Waals surface area contributed by atoms with Gasteiger partial charge in [0.1, 0.15) is 0 Å². The van der Waals surface area contributed by atoms with E-state index in [1.165, 1.54) is 16.9 Å². The van der Waals surface area contributed by atoms with E-state index >= 15 is 0 Å².